The maximum absolute atomic E-state index is 12.7. The number of nitrogens with one attached hydrogen (secondary N) is 2. The Hall–Kier alpha value is -4.87. The summed E-state index contributed by atoms with van der Waals surface area (Å²) in [6.45, 7) is 4.48. The molecule has 4 aliphatic heterocycles. The van der Waals surface area contributed by atoms with Gasteiger partial charge in [0.05, 0.1) is 47.8 Å². The first-order valence-electron chi connectivity index (χ1n) is 16.8. The first kappa shape index (κ1) is 41.9. The summed E-state index contributed by atoms with van der Waals surface area (Å²) >= 11 is 0. The van der Waals surface area contributed by atoms with Crippen molar-refractivity contribution in [2.45, 2.75) is 71.0 Å². The molecule has 4 heterocycles. The van der Waals surface area contributed by atoms with Gasteiger partial charge in [-0.3, -0.25) is 24.0 Å². The molecule has 0 bridgehead atoms. The number of esters is 2. The molecular weight excluding hydrogens is 715 g/mol. The van der Waals surface area contributed by atoms with Gasteiger partial charge in [0, 0.05) is 20.0 Å². The quantitative estimate of drug-likeness (QED) is 0.0481. The van der Waals surface area contributed by atoms with Crippen LogP contribution in [-0.2, 0) is 56.1 Å². The number of carboxylic acid groups (broad SMARTS) is 1. The summed E-state index contributed by atoms with van der Waals surface area (Å²) < 4.78 is 9.67. The third kappa shape index (κ3) is 8.42. The van der Waals surface area contributed by atoms with Crippen molar-refractivity contribution in [3.8, 4) is 0 Å². The first-order valence-corrected chi connectivity index (χ1v) is 16.8. The average Bonchev–Trinajstić information content (AvgIpc) is 3.64. The van der Waals surface area contributed by atoms with Crippen molar-refractivity contribution < 1.29 is 87.9 Å². The fraction of sp³-hybridized carbons (Fsp3) is 0.378. The minimum absolute atomic E-state index is 0. The van der Waals surface area contributed by atoms with Crippen LogP contribution in [0.2, 0.25) is 0 Å². The zero-order chi connectivity index (χ0) is 38.6. The summed E-state index contributed by atoms with van der Waals surface area (Å²) in [6, 6.07) is 13.6. The molecule has 2 fully saturated rings. The normalized spacial score (nSPS) is 21.9. The summed E-state index contributed by atoms with van der Waals surface area (Å²) in [7, 11) is 0. The van der Waals surface area contributed by atoms with Crippen LogP contribution in [0.1, 0.15) is 55.9 Å². The topological polar surface area (TPSA) is 232 Å². The van der Waals surface area contributed by atoms with Gasteiger partial charge < -0.3 is 50.0 Å². The van der Waals surface area contributed by atoms with Crippen LogP contribution in [0.4, 0.5) is 0 Å². The Morgan fingerprint density at radius 2 is 1.19 bits per heavy atom. The number of amides is 4. The standard InChI is InChI=1S/C20H22N2O7.C17H18N2O5.Na/c1-11(24)17-16-7-15(14-5-3-13(4-6-14)8-21-9-23)18(22(16)19(17)26)20(27)29-10-28-12(2)25;1-9(21)14-13-6-12(15(17(23)24)19(13)16(14)22)11-4-2-10(3-5-11)7-18-8-20;/h3-6,9,11,16-17,24H,7-8,10H2,1-2H3,(H,21,23);2-5,8-9,13-14,21H,6-7H2,1H3,(H,18,20)(H,23,24);/q;;+1/p-1/t11-,16-,17-;9-,13-,14-;/m11./s1. The van der Waals surface area contributed by atoms with Crippen molar-refractivity contribution in [1.82, 2.24) is 20.4 Å². The minimum Gasteiger partial charge on any atom is -0.543 e. The van der Waals surface area contributed by atoms with Gasteiger partial charge in [0.25, 0.3) is 0 Å². The molecule has 4 N–H and O–H groups in total. The van der Waals surface area contributed by atoms with E-state index in [2.05, 4.69) is 15.4 Å². The maximum atomic E-state index is 12.7. The molecule has 2 saturated heterocycles. The summed E-state index contributed by atoms with van der Waals surface area (Å²) in [6.07, 6.45) is 0.323. The molecule has 16 nitrogen and oxygen atoms in total. The second-order valence-electron chi connectivity index (χ2n) is 13.0. The Kier molecular flexibility index (Phi) is 13.9. The third-order valence-electron chi connectivity index (χ3n) is 9.68. The predicted octanol–water partition coefficient (Wildman–Crippen LogP) is -3.67. The average molecular weight is 755 g/mol. The van der Waals surface area contributed by atoms with Gasteiger partial charge in [-0.25, -0.2) is 4.79 Å². The van der Waals surface area contributed by atoms with Crippen molar-refractivity contribution in [1.29, 1.82) is 0 Å². The van der Waals surface area contributed by atoms with Crippen molar-refractivity contribution >= 4 is 53.7 Å². The smallest absolute Gasteiger partial charge is 0.543 e. The Bertz CT molecular complexity index is 1860. The molecule has 6 rings (SSSR count). The Labute approximate surface area is 332 Å². The van der Waals surface area contributed by atoms with Gasteiger partial charge in [-0.05, 0) is 60.1 Å². The summed E-state index contributed by atoms with van der Waals surface area (Å²) in [5.41, 5.74) is 4.31. The molecule has 0 saturated carbocycles. The van der Waals surface area contributed by atoms with Crippen LogP contribution in [0, 0.1) is 11.8 Å². The van der Waals surface area contributed by atoms with Gasteiger partial charge in [-0.2, -0.15) is 0 Å². The van der Waals surface area contributed by atoms with Crippen LogP contribution in [0.5, 0.6) is 0 Å². The number of aliphatic hydroxyl groups excluding tert-OH is 2. The fourth-order valence-electron chi connectivity index (χ4n) is 7.23. The van der Waals surface area contributed by atoms with Crippen molar-refractivity contribution in [3.63, 3.8) is 0 Å². The van der Waals surface area contributed by atoms with Gasteiger partial charge in [0.15, 0.2) is 0 Å². The molecule has 6 atom stereocenters. The molecule has 0 aromatic heterocycles. The van der Waals surface area contributed by atoms with Crippen LogP contribution in [0.25, 0.3) is 11.1 Å². The number of β-lactam (4-membered cyclic amide) rings is 2. The predicted molar refractivity (Wildman–Crippen MR) is 181 cm³/mol. The summed E-state index contributed by atoms with van der Waals surface area (Å²) in [4.78, 5) is 83.1. The van der Waals surface area contributed by atoms with Crippen LogP contribution >= 0.6 is 0 Å². The molecule has 0 aliphatic carbocycles. The number of aliphatic hydroxyl groups is 2. The fourth-order valence-corrected chi connectivity index (χ4v) is 7.23. The number of fused-ring (bicyclic) bond motifs is 2. The maximum Gasteiger partial charge on any atom is 1.00 e. The largest absolute Gasteiger partial charge is 1.00 e. The van der Waals surface area contributed by atoms with Gasteiger partial charge in [0.1, 0.15) is 5.70 Å². The number of rotatable bonds is 14. The molecule has 4 aliphatic rings. The molecule has 280 valence electrons. The van der Waals surface area contributed by atoms with E-state index in [4.69, 9.17) is 4.74 Å². The van der Waals surface area contributed by atoms with Gasteiger partial charge >= 0.3 is 41.5 Å². The number of carbonyl (C=O) groups is 7. The molecule has 17 heteroatoms. The molecule has 0 unspecified atom stereocenters. The van der Waals surface area contributed by atoms with Crippen LogP contribution in [0.3, 0.4) is 0 Å². The molecule has 4 amide bonds. The number of nitrogens with zero attached hydrogens (tertiary/aromatic N) is 2. The molecule has 0 spiro atoms. The number of carbonyl (C=O) groups excluding carboxylic acids is 7. The van der Waals surface area contributed by atoms with Gasteiger partial charge in [-0.15, -0.1) is 0 Å². The van der Waals surface area contributed by atoms with Crippen LogP contribution in [-0.4, -0.2) is 93.6 Å². The monoisotopic (exact) mass is 754 g/mol. The number of ether oxygens (including phenoxy) is 2. The number of benzene rings is 2. The van der Waals surface area contributed by atoms with Crippen molar-refractivity contribution in [2.75, 3.05) is 6.79 Å². The van der Waals surface area contributed by atoms with Crippen LogP contribution in [0.15, 0.2) is 59.9 Å². The minimum atomic E-state index is -1.39. The van der Waals surface area contributed by atoms with E-state index in [0.29, 0.717) is 55.5 Å². The number of aliphatic carboxylic acids is 1. The molecule has 2 aromatic rings. The second-order valence-corrected chi connectivity index (χ2v) is 13.0. The van der Waals surface area contributed by atoms with E-state index in [0.717, 1.165) is 16.7 Å². The SMILES string of the molecule is CC(=O)OCOC(=O)C1=C(c2ccc(CNC=O)cc2)C[C@@H]2[C@@H]([C@@H](C)O)C(=O)N12.C[C@@H](O)[C@H]1C(=O)N2C(C(=O)[O-])=C(c3ccc(CNC=O)cc3)C[C@H]12.[Na+]. The Balaban J connectivity index is 0.000000240. The zero-order valence-electron chi connectivity index (χ0n) is 30.1. The van der Waals surface area contributed by atoms with E-state index < -0.39 is 48.7 Å². The zero-order valence-corrected chi connectivity index (χ0v) is 32.1. The number of carboxylic acids is 1. The van der Waals surface area contributed by atoms with E-state index in [1.807, 2.05) is 12.1 Å². The van der Waals surface area contributed by atoms with Gasteiger partial charge in [0.2, 0.25) is 31.4 Å². The van der Waals surface area contributed by atoms with E-state index in [-0.39, 0.29) is 64.8 Å². The first-order chi connectivity index (χ1) is 25.3. The summed E-state index contributed by atoms with van der Waals surface area (Å²) in [5.74, 6) is -4.63. The Morgan fingerprint density at radius 3 is 1.56 bits per heavy atom. The second kappa shape index (κ2) is 18.0. The third-order valence-corrected chi connectivity index (χ3v) is 9.68. The van der Waals surface area contributed by atoms with E-state index in [9.17, 15) is 48.9 Å². The van der Waals surface area contributed by atoms with E-state index >= 15 is 0 Å². The van der Waals surface area contributed by atoms with Crippen molar-refractivity contribution in [2.24, 2.45) is 11.8 Å². The number of hydrogen-bond donors (Lipinski definition) is 4. The Morgan fingerprint density at radius 1 is 0.778 bits per heavy atom. The van der Waals surface area contributed by atoms with Crippen LogP contribution < -0.4 is 45.3 Å². The van der Waals surface area contributed by atoms with Gasteiger partial charge in [-0.1, -0.05) is 48.5 Å². The number of hydrogen-bond acceptors (Lipinski definition) is 12. The van der Waals surface area contributed by atoms with E-state index in [1.54, 1.807) is 43.3 Å². The molecule has 54 heavy (non-hydrogen) atoms. The molecule has 2 aromatic carbocycles. The van der Waals surface area contributed by atoms with Crippen molar-refractivity contribution in [3.05, 3.63) is 82.2 Å². The molecular formula is C37H39N4NaO12. The summed E-state index contributed by atoms with van der Waals surface area (Å²) in [5, 5.41) is 36.3. The van der Waals surface area contributed by atoms with E-state index in [1.165, 1.54) is 23.6 Å². The molecule has 0 radical (unpaired) electrons.